The normalized spacial score (nSPS) is 12.0. The van der Waals surface area contributed by atoms with Gasteiger partial charge in [-0.2, -0.15) is 0 Å². The van der Waals surface area contributed by atoms with Crippen molar-refractivity contribution < 1.29 is 19.2 Å². The predicted molar refractivity (Wildman–Crippen MR) is 80.8 cm³/mol. The number of benzene rings is 1. The number of carbonyl (C=O) groups is 1. The van der Waals surface area contributed by atoms with Gasteiger partial charge < -0.3 is 19.7 Å². The van der Waals surface area contributed by atoms with Crippen LogP contribution in [-0.4, -0.2) is 28.8 Å². The number of ether oxygens (including phenoxy) is 1. The minimum Gasteiger partial charge on any atom is -0.489 e. The molecule has 1 aromatic heterocycles. The van der Waals surface area contributed by atoms with Crippen molar-refractivity contribution in [3.8, 4) is 5.75 Å². The van der Waals surface area contributed by atoms with Crippen molar-refractivity contribution in [2.75, 3.05) is 6.61 Å². The number of rotatable bonds is 6. The summed E-state index contributed by atoms with van der Waals surface area (Å²) in [6.45, 7) is 5.72. The van der Waals surface area contributed by atoms with Gasteiger partial charge >= 0.3 is 0 Å². The Hall–Kier alpha value is -2.34. The first-order valence-corrected chi connectivity index (χ1v) is 7.07. The van der Waals surface area contributed by atoms with Gasteiger partial charge in [0.1, 0.15) is 18.1 Å². The predicted octanol–water partition coefficient (Wildman–Crippen LogP) is 1.98. The molecule has 0 spiro atoms. The van der Waals surface area contributed by atoms with Gasteiger partial charge in [-0.1, -0.05) is 5.16 Å². The quantitative estimate of drug-likeness (QED) is 0.852. The molecule has 1 heterocycles. The van der Waals surface area contributed by atoms with E-state index >= 15 is 0 Å². The Kier molecular flexibility index (Phi) is 5.16. The first-order valence-electron chi connectivity index (χ1n) is 7.07. The highest BCUT2D eigenvalue weighted by molar-refractivity contribution is 5.94. The highest BCUT2D eigenvalue weighted by Gasteiger charge is 2.11. The number of amides is 1. The number of aliphatic hydroxyl groups is 1. The molecule has 0 aliphatic carbocycles. The molecule has 0 fully saturated rings. The van der Waals surface area contributed by atoms with Gasteiger partial charge in [-0.15, -0.1) is 0 Å². The van der Waals surface area contributed by atoms with E-state index in [2.05, 4.69) is 10.5 Å². The number of hydrogen-bond acceptors (Lipinski definition) is 5. The summed E-state index contributed by atoms with van der Waals surface area (Å²) < 4.78 is 10.8. The summed E-state index contributed by atoms with van der Waals surface area (Å²) in [6, 6.07) is 6.56. The molecule has 0 saturated heterocycles. The van der Waals surface area contributed by atoms with Crippen molar-refractivity contribution in [2.45, 2.75) is 33.4 Å². The summed E-state index contributed by atoms with van der Waals surface area (Å²) in [5, 5.41) is 15.5. The van der Waals surface area contributed by atoms with Gasteiger partial charge in [-0.25, -0.2) is 0 Å². The summed E-state index contributed by atoms with van der Waals surface area (Å²) in [4.78, 5) is 11.9. The van der Waals surface area contributed by atoms with Crippen LogP contribution in [0.5, 0.6) is 5.75 Å². The molecule has 1 unspecified atom stereocenters. The van der Waals surface area contributed by atoms with Crippen molar-refractivity contribution in [3.05, 3.63) is 46.8 Å². The molecular formula is C16H20N2O4. The number of nitrogens with zero attached hydrogens (tertiary/aromatic N) is 1. The lowest BCUT2D eigenvalue weighted by atomic mass is 10.2. The second-order valence-corrected chi connectivity index (χ2v) is 5.17. The number of nitrogens with one attached hydrogen (secondary N) is 1. The van der Waals surface area contributed by atoms with Crippen LogP contribution in [0, 0.1) is 13.8 Å². The summed E-state index contributed by atoms with van der Waals surface area (Å²) in [5.41, 5.74) is 2.26. The van der Waals surface area contributed by atoms with Crippen molar-refractivity contribution in [2.24, 2.45) is 0 Å². The highest BCUT2D eigenvalue weighted by Crippen LogP contribution is 2.18. The summed E-state index contributed by atoms with van der Waals surface area (Å²) in [6.07, 6.45) is 0. The minimum absolute atomic E-state index is 0.0929. The average Bonchev–Trinajstić information content (AvgIpc) is 2.84. The second kappa shape index (κ2) is 7.09. The van der Waals surface area contributed by atoms with Gasteiger partial charge in [-0.05, 0) is 45.0 Å². The van der Waals surface area contributed by atoms with E-state index in [1.54, 1.807) is 31.2 Å². The van der Waals surface area contributed by atoms with Crippen molar-refractivity contribution in [1.29, 1.82) is 0 Å². The molecular weight excluding hydrogens is 284 g/mol. The van der Waals surface area contributed by atoms with Crippen LogP contribution in [0.15, 0.2) is 28.8 Å². The molecule has 2 aromatic rings. The van der Waals surface area contributed by atoms with Gasteiger partial charge in [0.2, 0.25) is 0 Å². The number of aryl methyl sites for hydroxylation is 2. The summed E-state index contributed by atoms with van der Waals surface area (Å²) >= 11 is 0. The van der Waals surface area contributed by atoms with Crippen molar-refractivity contribution >= 4 is 5.91 Å². The van der Waals surface area contributed by atoms with Crippen LogP contribution in [0.4, 0.5) is 0 Å². The molecule has 0 aliphatic rings. The Morgan fingerprint density at radius 3 is 2.59 bits per heavy atom. The lowest BCUT2D eigenvalue weighted by Crippen LogP contribution is -2.34. The summed E-state index contributed by atoms with van der Waals surface area (Å²) in [7, 11) is 0. The molecule has 2 N–H and O–H groups in total. The molecule has 0 aliphatic heterocycles. The molecule has 6 nitrogen and oxygen atoms in total. The lowest BCUT2D eigenvalue weighted by Gasteiger charge is -2.11. The molecule has 0 radical (unpaired) electrons. The molecule has 22 heavy (non-hydrogen) atoms. The minimum atomic E-state index is -0.275. The Bertz CT molecular complexity index is 615. The highest BCUT2D eigenvalue weighted by atomic mass is 16.5. The van der Waals surface area contributed by atoms with E-state index in [0.717, 1.165) is 17.0 Å². The van der Waals surface area contributed by atoms with Crippen LogP contribution in [0.3, 0.4) is 0 Å². The molecule has 2 rings (SSSR count). The maximum Gasteiger partial charge on any atom is 0.251 e. The van der Waals surface area contributed by atoms with Crippen LogP contribution in [0.25, 0.3) is 0 Å². The van der Waals surface area contributed by atoms with E-state index in [1.165, 1.54) is 0 Å². The van der Waals surface area contributed by atoms with Crippen LogP contribution in [0.2, 0.25) is 0 Å². The topological polar surface area (TPSA) is 84.6 Å². The zero-order chi connectivity index (χ0) is 16.1. The zero-order valence-electron chi connectivity index (χ0n) is 12.9. The van der Waals surface area contributed by atoms with Crippen LogP contribution < -0.4 is 10.1 Å². The number of aromatic nitrogens is 1. The Labute approximate surface area is 129 Å². The van der Waals surface area contributed by atoms with Crippen molar-refractivity contribution in [3.63, 3.8) is 0 Å². The average molecular weight is 304 g/mol. The van der Waals surface area contributed by atoms with E-state index in [9.17, 15) is 4.79 Å². The molecule has 118 valence electrons. The Balaban J connectivity index is 1.96. The van der Waals surface area contributed by atoms with Gasteiger partial charge in [0, 0.05) is 11.6 Å². The molecule has 1 amide bonds. The zero-order valence-corrected chi connectivity index (χ0v) is 12.9. The van der Waals surface area contributed by atoms with Gasteiger partial charge in [0.15, 0.2) is 0 Å². The largest absolute Gasteiger partial charge is 0.489 e. The van der Waals surface area contributed by atoms with E-state index in [1.807, 2.05) is 13.8 Å². The Morgan fingerprint density at radius 2 is 2.05 bits per heavy atom. The smallest absolute Gasteiger partial charge is 0.251 e. The number of aliphatic hydroxyl groups excluding tert-OH is 1. The SMILES string of the molecule is Cc1noc(C)c1COc1ccc(C(=O)NC(C)CO)cc1. The fourth-order valence-electron chi connectivity index (χ4n) is 1.92. The van der Waals surface area contributed by atoms with E-state index < -0.39 is 0 Å². The van der Waals surface area contributed by atoms with Crippen LogP contribution in [0.1, 0.15) is 34.3 Å². The monoisotopic (exact) mass is 304 g/mol. The number of hydrogen-bond donors (Lipinski definition) is 2. The van der Waals surface area contributed by atoms with E-state index in [0.29, 0.717) is 17.9 Å². The Morgan fingerprint density at radius 1 is 1.36 bits per heavy atom. The fraction of sp³-hybridized carbons (Fsp3) is 0.375. The fourth-order valence-corrected chi connectivity index (χ4v) is 1.92. The lowest BCUT2D eigenvalue weighted by molar-refractivity contribution is 0.0922. The number of carbonyl (C=O) groups excluding carboxylic acids is 1. The van der Waals surface area contributed by atoms with Gasteiger partial charge in [0.25, 0.3) is 5.91 Å². The third kappa shape index (κ3) is 3.85. The summed E-state index contributed by atoms with van der Waals surface area (Å²) in [5.74, 6) is 1.18. The standard InChI is InChI=1S/C16H20N2O4/c1-10(8-19)17-16(20)13-4-6-14(7-5-13)21-9-15-11(2)18-22-12(15)3/h4-7,10,19H,8-9H2,1-3H3,(H,17,20). The van der Waals surface area contributed by atoms with Crippen LogP contribution >= 0.6 is 0 Å². The van der Waals surface area contributed by atoms with Gasteiger partial charge in [-0.3, -0.25) is 4.79 Å². The maximum absolute atomic E-state index is 11.9. The second-order valence-electron chi connectivity index (χ2n) is 5.17. The van der Waals surface area contributed by atoms with Crippen molar-refractivity contribution in [1.82, 2.24) is 10.5 Å². The first-order chi connectivity index (χ1) is 10.5. The third-order valence-electron chi connectivity index (χ3n) is 3.33. The van der Waals surface area contributed by atoms with Crippen LogP contribution in [-0.2, 0) is 6.61 Å². The third-order valence-corrected chi connectivity index (χ3v) is 3.33. The molecule has 0 bridgehead atoms. The molecule has 1 aromatic carbocycles. The maximum atomic E-state index is 11.9. The molecule has 1 atom stereocenters. The van der Waals surface area contributed by atoms with E-state index in [4.69, 9.17) is 14.4 Å². The first kappa shape index (κ1) is 16.0. The van der Waals surface area contributed by atoms with Gasteiger partial charge in [0.05, 0.1) is 17.9 Å². The molecule has 0 saturated carbocycles. The van der Waals surface area contributed by atoms with E-state index in [-0.39, 0.29) is 18.6 Å². The molecule has 6 heteroatoms.